The van der Waals surface area contributed by atoms with E-state index in [2.05, 4.69) is 17.1 Å². The molecule has 0 spiro atoms. The fourth-order valence-corrected chi connectivity index (χ4v) is 4.66. The van der Waals surface area contributed by atoms with Crippen molar-refractivity contribution in [2.45, 2.75) is 44.7 Å². The standard InChI is InChI=1S/C12H24N2O2S/c1-2-11-4-8-14(7-3-6-13-11)12-5-9-17(15,16)10-12/h11-13H,2-10H2,1H3. The Morgan fingerprint density at radius 2 is 2.12 bits per heavy atom. The number of sulfone groups is 1. The van der Waals surface area contributed by atoms with Crippen LogP contribution in [0.15, 0.2) is 0 Å². The van der Waals surface area contributed by atoms with E-state index in [9.17, 15) is 8.42 Å². The van der Waals surface area contributed by atoms with E-state index in [0.717, 1.165) is 45.3 Å². The molecule has 0 aromatic heterocycles. The van der Waals surface area contributed by atoms with Crippen molar-refractivity contribution in [1.82, 2.24) is 10.2 Å². The number of hydrogen-bond acceptors (Lipinski definition) is 4. The summed E-state index contributed by atoms with van der Waals surface area (Å²) >= 11 is 0. The molecule has 0 aliphatic carbocycles. The molecule has 2 fully saturated rings. The molecule has 2 aliphatic rings. The molecule has 0 saturated carbocycles. The lowest BCUT2D eigenvalue weighted by Gasteiger charge is -2.32. The molecule has 2 atom stereocenters. The van der Waals surface area contributed by atoms with Crippen LogP contribution in [0.3, 0.4) is 0 Å². The Hall–Kier alpha value is -0.130. The molecule has 0 radical (unpaired) electrons. The molecule has 17 heavy (non-hydrogen) atoms. The topological polar surface area (TPSA) is 49.4 Å². The first-order chi connectivity index (χ1) is 8.11. The molecule has 0 bridgehead atoms. The van der Waals surface area contributed by atoms with Gasteiger partial charge in [-0.3, -0.25) is 4.90 Å². The first-order valence-corrected chi connectivity index (χ1v) is 8.61. The Kier molecular flexibility index (Phi) is 4.44. The molecule has 2 unspecified atom stereocenters. The van der Waals surface area contributed by atoms with E-state index >= 15 is 0 Å². The lowest BCUT2D eigenvalue weighted by atomic mass is 10.1. The zero-order valence-electron chi connectivity index (χ0n) is 10.7. The van der Waals surface area contributed by atoms with Crippen molar-refractivity contribution in [3.8, 4) is 0 Å². The van der Waals surface area contributed by atoms with E-state index in [1.54, 1.807) is 0 Å². The van der Waals surface area contributed by atoms with E-state index in [1.807, 2.05) is 0 Å². The summed E-state index contributed by atoms with van der Waals surface area (Å²) in [7, 11) is -2.74. The molecule has 0 aromatic rings. The molecule has 2 aliphatic heterocycles. The third-order valence-corrected chi connectivity index (χ3v) is 5.79. The molecular weight excluding hydrogens is 236 g/mol. The van der Waals surface area contributed by atoms with E-state index in [1.165, 1.54) is 0 Å². The summed E-state index contributed by atoms with van der Waals surface area (Å²) in [6.07, 6.45) is 4.28. The Balaban J connectivity index is 1.91. The van der Waals surface area contributed by atoms with E-state index < -0.39 is 9.84 Å². The van der Waals surface area contributed by atoms with Crippen LogP contribution in [0.2, 0.25) is 0 Å². The largest absolute Gasteiger partial charge is 0.314 e. The normalized spacial score (nSPS) is 35.4. The van der Waals surface area contributed by atoms with Crippen molar-refractivity contribution >= 4 is 9.84 Å². The van der Waals surface area contributed by atoms with Crippen molar-refractivity contribution in [3.63, 3.8) is 0 Å². The summed E-state index contributed by atoms with van der Waals surface area (Å²) < 4.78 is 23.0. The highest BCUT2D eigenvalue weighted by Crippen LogP contribution is 2.19. The quantitative estimate of drug-likeness (QED) is 0.791. The van der Waals surface area contributed by atoms with Gasteiger partial charge in [0.15, 0.2) is 9.84 Å². The van der Waals surface area contributed by atoms with Gasteiger partial charge in [-0.05, 0) is 45.3 Å². The molecule has 2 heterocycles. The maximum absolute atomic E-state index is 11.5. The second-order valence-corrected chi connectivity index (χ2v) is 7.52. The highest BCUT2D eigenvalue weighted by atomic mass is 32.2. The van der Waals surface area contributed by atoms with Crippen molar-refractivity contribution in [3.05, 3.63) is 0 Å². The minimum atomic E-state index is -2.74. The van der Waals surface area contributed by atoms with Gasteiger partial charge in [0, 0.05) is 12.1 Å². The lowest BCUT2D eigenvalue weighted by molar-refractivity contribution is 0.183. The highest BCUT2D eigenvalue weighted by Gasteiger charge is 2.32. The average molecular weight is 260 g/mol. The summed E-state index contributed by atoms with van der Waals surface area (Å²) in [6, 6.07) is 0.895. The van der Waals surface area contributed by atoms with Gasteiger partial charge >= 0.3 is 0 Å². The highest BCUT2D eigenvalue weighted by molar-refractivity contribution is 7.91. The minimum Gasteiger partial charge on any atom is -0.314 e. The number of nitrogens with one attached hydrogen (secondary N) is 1. The Morgan fingerprint density at radius 1 is 1.29 bits per heavy atom. The smallest absolute Gasteiger partial charge is 0.151 e. The molecule has 100 valence electrons. The van der Waals surface area contributed by atoms with Gasteiger partial charge in [-0.25, -0.2) is 8.42 Å². The summed E-state index contributed by atoms with van der Waals surface area (Å²) in [4.78, 5) is 2.41. The number of hydrogen-bond donors (Lipinski definition) is 1. The van der Waals surface area contributed by atoms with Gasteiger partial charge in [-0.1, -0.05) is 6.92 Å². The van der Waals surface area contributed by atoms with Gasteiger partial charge in [-0.2, -0.15) is 0 Å². The fraction of sp³-hybridized carbons (Fsp3) is 1.00. The second-order valence-electron chi connectivity index (χ2n) is 5.29. The zero-order valence-corrected chi connectivity index (χ0v) is 11.5. The number of rotatable bonds is 2. The van der Waals surface area contributed by atoms with Crippen LogP contribution in [0.5, 0.6) is 0 Å². The van der Waals surface area contributed by atoms with Crippen LogP contribution in [-0.4, -0.2) is 56.5 Å². The first kappa shape index (κ1) is 13.3. The maximum Gasteiger partial charge on any atom is 0.151 e. The Morgan fingerprint density at radius 3 is 2.76 bits per heavy atom. The first-order valence-electron chi connectivity index (χ1n) is 6.78. The molecule has 5 heteroatoms. The van der Waals surface area contributed by atoms with Crippen LogP contribution in [-0.2, 0) is 9.84 Å². The molecule has 2 rings (SSSR count). The van der Waals surface area contributed by atoms with Crippen LogP contribution in [0.1, 0.15) is 32.6 Å². The maximum atomic E-state index is 11.5. The summed E-state index contributed by atoms with van der Waals surface area (Å²) in [5, 5.41) is 3.55. The Bertz CT molecular complexity index is 342. The minimum absolute atomic E-state index is 0.288. The van der Waals surface area contributed by atoms with E-state index in [4.69, 9.17) is 0 Å². The van der Waals surface area contributed by atoms with Crippen LogP contribution in [0, 0.1) is 0 Å². The number of nitrogens with zero attached hydrogens (tertiary/aromatic N) is 1. The molecule has 2 saturated heterocycles. The van der Waals surface area contributed by atoms with Gasteiger partial charge in [-0.15, -0.1) is 0 Å². The van der Waals surface area contributed by atoms with Crippen molar-refractivity contribution in [1.29, 1.82) is 0 Å². The lowest BCUT2D eigenvalue weighted by Crippen LogP contribution is -2.44. The van der Waals surface area contributed by atoms with Gasteiger partial charge in [0.2, 0.25) is 0 Å². The van der Waals surface area contributed by atoms with Gasteiger partial charge in [0.1, 0.15) is 0 Å². The van der Waals surface area contributed by atoms with Crippen molar-refractivity contribution in [2.75, 3.05) is 31.1 Å². The van der Waals surface area contributed by atoms with Crippen LogP contribution in [0.25, 0.3) is 0 Å². The molecule has 4 nitrogen and oxygen atoms in total. The molecule has 0 amide bonds. The van der Waals surface area contributed by atoms with Gasteiger partial charge in [0.25, 0.3) is 0 Å². The van der Waals surface area contributed by atoms with Gasteiger partial charge < -0.3 is 5.32 Å². The van der Waals surface area contributed by atoms with E-state index in [-0.39, 0.29) is 6.04 Å². The van der Waals surface area contributed by atoms with Gasteiger partial charge in [0.05, 0.1) is 11.5 Å². The third-order valence-electron chi connectivity index (χ3n) is 4.04. The average Bonchev–Trinajstić information content (AvgIpc) is 2.59. The predicted molar refractivity (Wildman–Crippen MR) is 69.9 cm³/mol. The second kappa shape index (κ2) is 5.67. The summed E-state index contributed by atoms with van der Waals surface area (Å²) in [5.41, 5.74) is 0. The zero-order chi connectivity index (χ0) is 12.3. The van der Waals surface area contributed by atoms with Crippen molar-refractivity contribution < 1.29 is 8.42 Å². The predicted octanol–water partition coefficient (Wildman–Crippen LogP) is 0.638. The summed E-state index contributed by atoms with van der Waals surface area (Å²) in [6.45, 7) is 5.37. The Labute approximate surface area is 105 Å². The SMILES string of the molecule is CCC1CCN(C2CCS(=O)(=O)C2)CCCN1. The third kappa shape index (κ3) is 3.66. The van der Waals surface area contributed by atoms with Crippen LogP contribution >= 0.6 is 0 Å². The molecule has 0 aromatic carbocycles. The monoisotopic (exact) mass is 260 g/mol. The fourth-order valence-electron chi connectivity index (χ4n) is 2.90. The van der Waals surface area contributed by atoms with E-state index in [0.29, 0.717) is 17.5 Å². The summed E-state index contributed by atoms with van der Waals surface area (Å²) in [5.74, 6) is 0.779. The van der Waals surface area contributed by atoms with Crippen molar-refractivity contribution in [2.24, 2.45) is 0 Å². The van der Waals surface area contributed by atoms with Crippen LogP contribution in [0.4, 0.5) is 0 Å². The van der Waals surface area contributed by atoms with Crippen LogP contribution < -0.4 is 5.32 Å². The molecular formula is C12H24N2O2S. The molecule has 1 N–H and O–H groups in total.